The molecule has 604 valence electrons. The Morgan fingerprint density at radius 2 is 0.718 bits per heavy atom. The van der Waals surface area contributed by atoms with Gasteiger partial charge >= 0.3 is 0 Å². The van der Waals surface area contributed by atoms with Gasteiger partial charge in [-0.15, -0.1) is 0 Å². The summed E-state index contributed by atoms with van der Waals surface area (Å²) in [6.07, 6.45) is 1.77. The first-order valence-corrected chi connectivity index (χ1v) is 37.0. The summed E-state index contributed by atoms with van der Waals surface area (Å²) in [7, 11) is 0. The molecule has 11 atom stereocenters. The molecule has 1 saturated heterocycles. The van der Waals surface area contributed by atoms with Crippen molar-refractivity contribution in [2.75, 3.05) is 39.3 Å². The van der Waals surface area contributed by atoms with E-state index in [4.69, 9.17) is 57.3 Å². The quantitative estimate of drug-likeness (QED) is 0.0144. The minimum Gasteiger partial charge on any atom is -0.370 e. The van der Waals surface area contributed by atoms with Crippen molar-refractivity contribution in [3.63, 3.8) is 0 Å². The van der Waals surface area contributed by atoms with E-state index in [1.54, 1.807) is 105 Å². The second-order valence-electron chi connectivity index (χ2n) is 27.3. The van der Waals surface area contributed by atoms with Crippen LogP contribution in [0.5, 0.6) is 0 Å². The number of nitrogens with one attached hydrogen (secondary N) is 10. The summed E-state index contributed by atoms with van der Waals surface area (Å²) in [4.78, 5) is 188. The summed E-state index contributed by atoms with van der Waals surface area (Å²) in [5.74, 6) is -10.5. The van der Waals surface area contributed by atoms with Gasteiger partial charge in [0.1, 0.15) is 66.5 Å². The van der Waals surface area contributed by atoms with Crippen LogP contribution < -0.4 is 111 Å². The van der Waals surface area contributed by atoms with Gasteiger partial charge in [-0.2, -0.15) is 0 Å². The number of likely N-dealkylation sites (tertiary alicyclic amines) is 1. The van der Waals surface area contributed by atoms with Gasteiger partial charge in [0.2, 0.25) is 70.9 Å². The highest BCUT2D eigenvalue weighted by Gasteiger charge is 2.40. The summed E-state index contributed by atoms with van der Waals surface area (Å²) < 4.78 is 0. The van der Waals surface area contributed by atoms with E-state index < -0.39 is 137 Å². The lowest BCUT2D eigenvalue weighted by Gasteiger charge is -2.30. The van der Waals surface area contributed by atoms with E-state index in [2.05, 4.69) is 73.1 Å². The van der Waals surface area contributed by atoms with Gasteiger partial charge in [-0.1, -0.05) is 105 Å². The fourth-order valence-electron chi connectivity index (χ4n) is 12.1. The van der Waals surface area contributed by atoms with Crippen molar-refractivity contribution >= 4 is 94.7 Å². The van der Waals surface area contributed by atoms with Crippen LogP contribution in [0.25, 0.3) is 0 Å². The Kier molecular flexibility index (Phi) is 40.1. The summed E-state index contributed by atoms with van der Waals surface area (Å²) in [5.41, 5.74) is 58.2. The second-order valence-corrected chi connectivity index (χ2v) is 27.3. The topological polar surface area (TPSA) is 638 Å². The van der Waals surface area contributed by atoms with Crippen molar-refractivity contribution in [2.45, 2.75) is 203 Å². The molecule has 37 heteroatoms. The lowest BCUT2D eigenvalue weighted by Crippen LogP contribution is -2.61. The smallest absolute Gasteiger partial charge is 0.245 e. The second kappa shape index (κ2) is 48.6. The molecule has 0 spiro atoms. The summed E-state index contributed by atoms with van der Waals surface area (Å²) in [5, 5.41) is 27.3. The van der Waals surface area contributed by atoms with Crippen molar-refractivity contribution in [3.05, 3.63) is 108 Å². The molecule has 4 rings (SSSR count). The average Bonchev–Trinajstić information content (AvgIpc) is 1.62. The zero-order valence-corrected chi connectivity index (χ0v) is 63.3. The SMILES string of the molecule is CC(=O)N[C@@H](Cc1ccccc1)C(=O)N[C@H](Cc1ccccc1)C(=O)N[C@@H](Cc1ccccc1)C(=O)N[C@@H](CCCN=C(N)N)C(=O)N[C@@H](CC(C)C)C(=O)N[C@@H](CCCN=C(N)N)C(=O)N[C@@H](CCCN=C(N)N)C(=O)N[C@H](C)C(=O)N[C@@H](CCCN=C(N)N)C(=O)N1CCC[C@H]1C(=O)N[C@@H](CCCCN)C(N)=O. The van der Waals surface area contributed by atoms with Crippen molar-refractivity contribution < 1.29 is 57.5 Å². The summed E-state index contributed by atoms with van der Waals surface area (Å²) >= 11 is 0. The summed E-state index contributed by atoms with van der Waals surface area (Å²) in [6, 6.07) is 12.0. The van der Waals surface area contributed by atoms with E-state index in [1.165, 1.54) is 18.7 Å². The van der Waals surface area contributed by atoms with Crippen LogP contribution in [0.3, 0.4) is 0 Å². The third-order valence-corrected chi connectivity index (χ3v) is 17.6. The fourth-order valence-corrected chi connectivity index (χ4v) is 12.1. The molecule has 37 nitrogen and oxygen atoms in total. The number of amides is 12. The van der Waals surface area contributed by atoms with Gasteiger partial charge in [0, 0.05) is 58.9 Å². The molecule has 0 saturated carbocycles. The van der Waals surface area contributed by atoms with Crippen molar-refractivity contribution in [3.8, 4) is 0 Å². The molecule has 110 heavy (non-hydrogen) atoms. The molecule has 3 aromatic carbocycles. The Bertz CT molecular complexity index is 3610. The van der Waals surface area contributed by atoms with Gasteiger partial charge in [0.25, 0.3) is 0 Å². The highest BCUT2D eigenvalue weighted by Crippen LogP contribution is 2.21. The van der Waals surface area contributed by atoms with E-state index in [9.17, 15) is 57.5 Å². The van der Waals surface area contributed by atoms with Gasteiger partial charge in [-0.3, -0.25) is 77.5 Å². The molecule has 0 aromatic heterocycles. The molecule has 0 bridgehead atoms. The number of hydrogen-bond acceptors (Lipinski definition) is 17. The Morgan fingerprint density at radius 1 is 0.391 bits per heavy atom. The maximum absolute atomic E-state index is 15.0. The number of guanidine groups is 4. The number of aliphatic imine (C=N–C) groups is 4. The van der Waals surface area contributed by atoms with Gasteiger partial charge in [0.15, 0.2) is 23.8 Å². The van der Waals surface area contributed by atoms with E-state index >= 15 is 0 Å². The Labute approximate surface area is 641 Å². The molecular formula is C73H115N25O12. The number of rotatable bonds is 49. The third-order valence-electron chi connectivity index (χ3n) is 17.6. The zero-order chi connectivity index (χ0) is 81.2. The van der Waals surface area contributed by atoms with Crippen LogP contribution in [0.15, 0.2) is 111 Å². The lowest BCUT2D eigenvalue weighted by molar-refractivity contribution is -0.142. The first-order valence-electron chi connectivity index (χ1n) is 37.0. The number of nitrogens with two attached hydrogens (primary N) is 10. The first-order chi connectivity index (χ1) is 52.3. The van der Waals surface area contributed by atoms with E-state index in [-0.39, 0.29) is 152 Å². The molecule has 1 fully saturated rings. The zero-order valence-electron chi connectivity index (χ0n) is 63.3. The molecule has 0 radical (unpaired) electrons. The van der Waals surface area contributed by atoms with Gasteiger partial charge in [0.05, 0.1) is 0 Å². The number of hydrogen-bond donors (Lipinski definition) is 20. The fraction of sp³-hybridized carbons (Fsp3) is 0.534. The Morgan fingerprint density at radius 3 is 1.08 bits per heavy atom. The van der Waals surface area contributed by atoms with Crippen LogP contribution >= 0.6 is 0 Å². The monoisotopic (exact) mass is 1530 g/mol. The molecule has 1 aliphatic rings. The van der Waals surface area contributed by atoms with E-state index in [0.717, 1.165) is 5.56 Å². The minimum atomic E-state index is -1.48. The highest BCUT2D eigenvalue weighted by atomic mass is 16.2. The molecule has 0 unspecified atom stereocenters. The number of unbranched alkanes of at least 4 members (excludes halogenated alkanes) is 1. The van der Waals surface area contributed by atoms with Crippen LogP contribution in [0.2, 0.25) is 0 Å². The van der Waals surface area contributed by atoms with Crippen LogP contribution in [0.4, 0.5) is 0 Å². The van der Waals surface area contributed by atoms with Crippen molar-refractivity contribution in [2.24, 2.45) is 83.2 Å². The minimum absolute atomic E-state index is 0.00528. The first kappa shape index (κ1) is 90.7. The lowest BCUT2D eigenvalue weighted by atomic mass is 10.00. The molecule has 1 heterocycles. The number of nitrogens with zero attached hydrogens (tertiary/aromatic N) is 5. The summed E-state index contributed by atoms with van der Waals surface area (Å²) in [6.45, 7) is 6.63. The van der Waals surface area contributed by atoms with Crippen molar-refractivity contribution in [1.29, 1.82) is 0 Å². The molecule has 12 amide bonds. The predicted molar refractivity (Wildman–Crippen MR) is 417 cm³/mol. The normalized spacial score (nSPS) is 15.0. The van der Waals surface area contributed by atoms with Gasteiger partial charge in [-0.25, -0.2) is 0 Å². The maximum Gasteiger partial charge on any atom is 0.245 e. The average molecular weight is 1530 g/mol. The maximum atomic E-state index is 15.0. The molecular weight excluding hydrogens is 1420 g/mol. The van der Waals surface area contributed by atoms with Gasteiger partial charge in [-0.05, 0) is 126 Å². The number of carbonyl (C=O) groups excluding carboxylic acids is 12. The standard InChI is InChI=1S/C73H115N25O12/c1-43(2)39-54(95-63(104)52(30-18-36-86-72(80)81)93-66(107)56(41-47-23-10-6-11-24-47)97-67(108)57(42-48-25-12-7-13-26-48)96-65(106)55(89-45(4)99)40-46-21-8-5-9-22-46)64(105)92-51(29-17-35-85-71(78)79)62(103)91-50(28-16-34-84-70(76)77)61(102)88-44(3)60(101)94-53(31-19-37-87-73(82)83)69(110)98-38-20-32-58(98)68(109)90-49(59(75)100)27-14-15-33-74/h5-13,21-26,43-44,49-58H,14-20,27-42,74H2,1-4H3,(H2,75,100)(H,88,102)(H,89,99)(H,90,109)(H,91,103)(H,92,105)(H,93,107)(H,94,101)(H,95,104)(H,96,106)(H,97,108)(H4,76,77,84)(H4,78,79,85)(H4,80,81,86)(H4,82,83,87)/t44-,49+,50+,51+,52+,53+,54+,55+,56+,57-,58+/m1/s1. The molecule has 3 aromatic rings. The number of benzene rings is 3. The van der Waals surface area contributed by atoms with Crippen molar-refractivity contribution in [1.82, 2.24) is 58.1 Å². The highest BCUT2D eigenvalue weighted by molar-refractivity contribution is 5.99. The van der Waals surface area contributed by atoms with Crippen LogP contribution in [-0.2, 0) is 76.8 Å². The van der Waals surface area contributed by atoms with Gasteiger partial charge < -0.3 is 115 Å². The van der Waals surface area contributed by atoms with Crippen LogP contribution in [-0.4, -0.2) is 205 Å². The third kappa shape index (κ3) is 34.5. The molecule has 0 aliphatic carbocycles. The predicted octanol–water partition coefficient (Wildman–Crippen LogP) is -4.53. The van der Waals surface area contributed by atoms with E-state index in [0.29, 0.717) is 36.9 Å². The molecule has 30 N–H and O–H groups in total. The largest absolute Gasteiger partial charge is 0.370 e. The molecule has 1 aliphatic heterocycles. The van der Waals surface area contributed by atoms with Crippen LogP contribution in [0.1, 0.15) is 134 Å². The van der Waals surface area contributed by atoms with Crippen LogP contribution in [0, 0.1) is 5.92 Å². The number of carbonyl (C=O) groups is 12. The number of primary amides is 1. The Balaban J connectivity index is 1.66. The Hall–Kier alpha value is -11.7. The van der Waals surface area contributed by atoms with E-state index in [1.807, 2.05) is 0 Å².